The number of carbonyl (C=O) groups excluding carboxylic acids is 2. The lowest BCUT2D eigenvalue weighted by Gasteiger charge is -2.24. The molecule has 0 aliphatic carbocycles. The first-order chi connectivity index (χ1) is 17.3. The van der Waals surface area contributed by atoms with Gasteiger partial charge >= 0.3 is 0 Å². The van der Waals surface area contributed by atoms with E-state index in [2.05, 4.69) is 15.9 Å². The Balaban J connectivity index is 1.53. The number of amides is 1. The molecule has 178 valence electrons. The molecule has 1 unspecified atom stereocenters. The van der Waals surface area contributed by atoms with Gasteiger partial charge in [0.05, 0.1) is 21.8 Å². The first-order valence-corrected chi connectivity index (χ1v) is 12.9. The summed E-state index contributed by atoms with van der Waals surface area (Å²) < 4.78 is 7.52. The van der Waals surface area contributed by atoms with Crippen LogP contribution in [0.25, 0.3) is 21.2 Å². The van der Waals surface area contributed by atoms with E-state index in [0.717, 1.165) is 31.2 Å². The van der Waals surface area contributed by atoms with Gasteiger partial charge in [-0.2, -0.15) is 0 Å². The van der Waals surface area contributed by atoms with E-state index in [0.29, 0.717) is 16.3 Å². The summed E-state index contributed by atoms with van der Waals surface area (Å²) in [5.74, 6) is -1.76. The molecular formula is C28H19BrN2O4S. The summed E-state index contributed by atoms with van der Waals surface area (Å²) >= 11 is 4.84. The normalized spacial score (nSPS) is 16.0. The van der Waals surface area contributed by atoms with Gasteiger partial charge in [-0.3, -0.25) is 14.5 Å². The van der Waals surface area contributed by atoms with Crippen molar-refractivity contribution in [3.8, 4) is 0 Å². The highest BCUT2D eigenvalue weighted by Crippen LogP contribution is 2.45. The van der Waals surface area contributed by atoms with Crippen LogP contribution in [0.15, 0.2) is 87.0 Å². The summed E-state index contributed by atoms with van der Waals surface area (Å²) in [7, 11) is 0. The lowest BCUT2D eigenvalue weighted by Crippen LogP contribution is -2.31. The minimum atomic E-state index is -0.877. The number of aryl methyl sites for hydroxylation is 2. The summed E-state index contributed by atoms with van der Waals surface area (Å²) in [4.78, 5) is 33.4. The molecule has 6 nitrogen and oxygen atoms in total. The number of furan rings is 1. The Morgan fingerprint density at radius 1 is 1.08 bits per heavy atom. The van der Waals surface area contributed by atoms with Gasteiger partial charge in [-0.1, -0.05) is 63.7 Å². The zero-order chi connectivity index (χ0) is 25.1. The highest BCUT2D eigenvalue weighted by molar-refractivity contribution is 9.10. The van der Waals surface area contributed by atoms with Crippen molar-refractivity contribution in [2.75, 3.05) is 4.90 Å². The average Bonchev–Trinajstić information content (AvgIpc) is 3.53. The summed E-state index contributed by atoms with van der Waals surface area (Å²) in [6, 6.07) is 19.4. The van der Waals surface area contributed by atoms with Crippen LogP contribution in [0.4, 0.5) is 5.13 Å². The van der Waals surface area contributed by atoms with Crippen LogP contribution in [-0.4, -0.2) is 21.8 Å². The Morgan fingerprint density at radius 3 is 2.67 bits per heavy atom. The quantitative estimate of drug-likeness (QED) is 0.236. The van der Waals surface area contributed by atoms with Crippen molar-refractivity contribution in [1.29, 1.82) is 0 Å². The number of anilines is 1. The second-order valence-electron chi connectivity index (χ2n) is 8.80. The molecule has 36 heavy (non-hydrogen) atoms. The molecule has 0 saturated carbocycles. The molecule has 5 aromatic rings. The SMILES string of the molecule is Cc1cc(C)c2nc(N3C(=O)C(O)=C(C(=O)c4cc5ccccc5o4)C3c3cccc(Br)c3)sc2c1. The zero-order valence-electron chi connectivity index (χ0n) is 19.3. The summed E-state index contributed by atoms with van der Waals surface area (Å²) in [6.07, 6.45) is 0. The molecule has 1 atom stereocenters. The highest BCUT2D eigenvalue weighted by atomic mass is 79.9. The molecule has 3 aromatic carbocycles. The first kappa shape index (κ1) is 22.7. The van der Waals surface area contributed by atoms with Crippen LogP contribution >= 0.6 is 27.3 Å². The van der Waals surface area contributed by atoms with E-state index in [4.69, 9.17) is 9.40 Å². The molecule has 1 amide bonds. The van der Waals surface area contributed by atoms with Crippen molar-refractivity contribution in [2.24, 2.45) is 0 Å². The minimum absolute atomic E-state index is 0.0377. The van der Waals surface area contributed by atoms with Crippen LogP contribution in [0.5, 0.6) is 0 Å². The van der Waals surface area contributed by atoms with E-state index < -0.39 is 23.5 Å². The standard InChI is InChI=1S/C28H19BrN2O4S/c1-14-10-15(2)23-21(11-14)36-28(30-23)31-24(17-7-5-8-18(29)12-17)22(26(33)27(31)34)25(32)20-13-16-6-3-4-9-19(16)35-20/h3-13,24,33H,1-2H3. The molecule has 0 spiro atoms. The van der Waals surface area contributed by atoms with Gasteiger partial charge in [0.1, 0.15) is 5.58 Å². The lowest BCUT2D eigenvalue weighted by atomic mass is 9.95. The third-order valence-corrected chi connectivity index (χ3v) is 7.79. The molecule has 8 heteroatoms. The number of aliphatic hydroxyl groups excluding tert-OH is 1. The predicted octanol–water partition coefficient (Wildman–Crippen LogP) is 7.20. The Kier molecular flexibility index (Phi) is 5.31. The molecule has 6 rings (SSSR count). The number of aliphatic hydroxyl groups is 1. The van der Waals surface area contributed by atoms with Crippen molar-refractivity contribution in [1.82, 2.24) is 4.98 Å². The molecule has 1 aliphatic heterocycles. The van der Waals surface area contributed by atoms with Crippen LogP contribution < -0.4 is 4.90 Å². The molecule has 0 bridgehead atoms. The number of thiazole rings is 1. The fraction of sp³-hybridized carbons (Fsp3) is 0.107. The molecule has 3 heterocycles. The van der Waals surface area contributed by atoms with Gasteiger partial charge in [-0.15, -0.1) is 0 Å². The monoisotopic (exact) mass is 558 g/mol. The number of hydrogen-bond donors (Lipinski definition) is 1. The number of fused-ring (bicyclic) bond motifs is 2. The van der Waals surface area contributed by atoms with Gasteiger partial charge in [0.25, 0.3) is 5.91 Å². The number of rotatable bonds is 4. The molecule has 0 fully saturated rings. The van der Waals surface area contributed by atoms with Crippen molar-refractivity contribution < 1.29 is 19.1 Å². The molecular weight excluding hydrogens is 540 g/mol. The second-order valence-corrected chi connectivity index (χ2v) is 10.7. The van der Waals surface area contributed by atoms with Gasteiger partial charge in [-0.05, 0) is 60.9 Å². The summed E-state index contributed by atoms with van der Waals surface area (Å²) in [6.45, 7) is 3.98. The maximum Gasteiger partial charge on any atom is 0.296 e. The molecule has 0 saturated heterocycles. The topological polar surface area (TPSA) is 83.6 Å². The van der Waals surface area contributed by atoms with Gasteiger partial charge < -0.3 is 9.52 Å². The maximum atomic E-state index is 13.8. The largest absolute Gasteiger partial charge is 0.503 e. The van der Waals surface area contributed by atoms with E-state index in [9.17, 15) is 14.7 Å². The van der Waals surface area contributed by atoms with Crippen LogP contribution in [-0.2, 0) is 4.79 Å². The van der Waals surface area contributed by atoms with Crippen LogP contribution in [0.3, 0.4) is 0 Å². The van der Waals surface area contributed by atoms with E-state index in [1.807, 2.05) is 68.4 Å². The Bertz CT molecular complexity index is 1720. The molecule has 2 aromatic heterocycles. The fourth-order valence-corrected chi connectivity index (χ4v) is 6.30. The van der Waals surface area contributed by atoms with Gasteiger partial charge in [-0.25, -0.2) is 4.98 Å². The van der Waals surface area contributed by atoms with Gasteiger partial charge in [0.15, 0.2) is 16.7 Å². The van der Waals surface area contributed by atoms with Gasteiger partial charge in [0.2, 0.25) is 5.78 Å². The second kappa shape index (κ2) is 8.43. The highest BCUT2D eigenvalue weighted by Gasteiger charge is 2.46. The van der Waals surface area contributed by atoms with E-state index in [1.165, 1.54) is 16.2 Å². The number of benzene rings is 3. The van der Waals surface area contributed by atoms with Crippen molar-refractivity contribution >= 4 is 65.3 Å². The summed E-state index contributed by atoms with van der Waals surface area (Å²) in [5.41, 5.74) is 4.05. The molecule has 0 radical (unpaired) electrons. The average molecular weight is 559 g/mol. The van der Waals surface area contributed by atoms with E-state index in [1.54, 1.807) is 12.1 Å². The van der Waals surface area contributed by atoms with Gasteiger partial charge in [0, 0.05) is 9.86 Å². The minimum Gasteiger partial charge on any atom is -0.503 e. The third-order valence-electron chi connectivity index (χ3n) is 6.29. The number of para-hydroxylation sites is 1. The first-order valence-electron chi connectivity index (χ1n) is 11.2. The number of Topliss-reactive ketones (excluding diaryl/α,β-unsaturated/α-hetero) is 1. The third kappa shape index (κ3) is 3.56. The van der Waals surface area contributed by atoms with E-state index >= 15 is 0 Å². The Hall–Kier alpha value is -3.75. The number of halogens is 1. The van der Waals surface area contributed by atoms with Crippen molar-refractivity contribution in [3.63, 3.8) is 0 Å². The number of nitrogens with zero attached hydrogens (tertiary/aromatic N) is 2. The molecule has 1 aliphatic rings. The molecule has 1 N–H and O–H groups in total. The number of ketones is 1. The van der Waals surface area contributed by atoms with Crippen molar-refractivity contribution in [3.05, 3.63) is 105 Å². The fourth-order valence-electron chi connectivity index (χ4n) is 4.72. The number of aromatic nitrogens is 1. The van der Waals surface area contributed by atoms with E-state index in [-0.39, 0.29) is 11.3 Å². The Labute approximate surface area is 218 Å². The zero-order valence-corrected chi connectivity index (χ0v) is 21.7. The van der Waals surface area contributed by atoms with Crippen LogP contribution in [0.2, 0.25) is 0 Å². The smallest absolute Gasteiger partial charge is 0.296 e. The van der Waals surface area contributed by atoms with Crippen LogP contribution in [0.1, 0.15) is 33.3 Å². The lowest BCUT2D eigenvalue weighted by molar-refractivity contribution is -0.117. The Morgan fingerprint density at radius 2 is 1.89 bits per heavy atom. The summed E-state index contributed by atoms with van der Waals surface area (Å²) in [5, 5.41) is 12.2. The predicted molar refractivity (Wildman–Crippen MR) is 144 cm³/mol. The van der Waals surface area contributed by atoms with Crippen LogP contribution in [0, 0.1) is 13.8 Å². The maximum absolute atomic E-state index is 13.8. The van der Waals surface area contributed by atoms with Crippen molar-refractivity contribution in [2.45, 2.75) is 19.9 Å². The number of hydrogen-bond acceptors (Lipinski definition) is 6. The number of carbonyl (C=O) groups is 2.